The number of carbonyl (C=O) groups excluding carboxylic acids is 1. The van der Waals surface area contributed by atoms with Crippen LogP contribution in [0.1, 0.15) is 49.4 Å². The fourth-order valence-electron chi connectivity index (χ4n) is 2.93. The van der Waals surface area contributed by atoms with Crippen LogP contribution in [-0.4, -0.2) is 36.9 Å². The number of hydrogen-bond acceptors (Lipinski definition) is 5. The molecule has 148 valence electrons. The third kappa shape index (κ3) is 4.75. The zero-order valence-corrected chi connectivity index (χ0v) is 17.3. The Labute approximate surface area is 160 Å². The first-order chi connectivity index (χ1) is 12.7. The normalized spacial score (nSPS) is 13.0. The van der Waals surface area contributed by atoms with Crippen LogP contribution in [0, 0.1) is 13.8 Å². The largest absolute Gasteiger partial charge is 0.361 e. The minimum Gasteiger partial charge on any atom is -0.361 e. The molecule has 0 aliphatic rings. The van der Waals surface area contributed by atoms with Crippen molar-refractivity contribution >= 4 is 15.9 Å². The molecule has 1 heterocycles. The van der Waals surface area contributed by atoms with Gasteiger partial charge in [-0.05, 0) is 38.5 Å². The van der Waals surface area contributed by atoms with Crippen LogP contribution in [0.15, 0.2) is 33.7 Å². The van der Waals surface area contributed by atoms with Crippen molar-refractivity contribution < 1.29 is 17.7 Å². The van der Waals surface area contributed by atoms with Crippen LogP contribution in [0.5, 0.6) is 0 Å². The monoisotopic (exact) mass is 393 g/mol. The van der Waals surface area contributed by atoms with Crippen molar-refractivity contribution in [1.29, 1.82) is 0 Å². The molecule has 0 radical (unpaired) electrons. The second-order valence-electron chi connectivity index (χ2n) is 6.43. The summed E-state index contributed by atoms with van der Waals surface area (Å²) in [5, 5.41) is 6.78. The topological polar surface area (TPSA) is 92.5 Å². The summed E-state index contributed by atoms with van der Waals surface area (Å²) in [5.41, 5.74) is 2.34. The van der Waals surface area contributed by atoms with Crippen LogP contribution in [-0.2, 0) is 21.2 Å². The SMILES string of the molecule is CCN(CC)S(=O)(=O)c1ccc(C(C)NC(=O)Cc2c(C)noc2C)cc1. The highest BCUT2D eigenvalue weighted by Gasteiger charge is 2.22. The quantitative estimate of drug-likeness (QED) is 0.744. The predicted molar refractivity (Wildman–Crippen MR) is 103 cm³/mol. The Hall–Kier alpha value is -2.19. The molecule has 0 aliphatic heterocycles. The molecule has 7 nitrogen and oxygen atoms in total. The fourth-order valence-corrected chi connectivity index (χ4v) is 4.39. The fraction of sp³-hybridized carbons (Fsp3) is 0.474. The second-order valence-corrected chi connectivity index (χ2v) is 8.37. The van der Waals surface area contributed by atoms with Crippen molar-refractivity contribution in [1.82, 2.24) is 14.8 Å². The number of benzene rings is 1. The van der Waals surface area contributed by atoms with Crippen molar-refractivity contribution in [2.45, 2.75) is 52.0 Å². The van der Waals surface area contributed by atoms with E-state index in [9.17, 15) is 13.2 Å². The Balaban J connectivity index is 2.07. The standard InChI is InChI=1S/C19H27N3O4S/c1-6-22(7-2)27(24,25)17-10-8-16(9-11-17)13(3)20-19(23)12-18-14(4)21-26-15(18)5/h8-11,13H,6-7,12H2,1-5H3,(H,20,23). The molecule has 27 heavy (non-hydrogen) atoms. The molecule has 1 N–H and O–H groups in total. The first kappa shape index (κ1) is 21.1. The van der Waals surface area contributed by atoms with Gasteiger partial charge in [0, 0.05) is 18.7 Å². The lowest BCUT2D eigenvalue weighted by molar-refractivity contribution is -0.121. The third-order valence-electron chi connectivity index (χ3n) is 4.62. The molecule has 0 saturated heterocycles. The summed E-state index contributed by atoms with van der Waals surface area (Å²) in [6, 6.07) is 6.39. The van der Waals surface area contributed by atoms with E-state index in [4.69, 9.17) is 4.52 Å². The zero-order chi connectivity index (χ0) is 20.2. The zero-order valence-electron chi connectivity index (χ0n) is 16.4. The van der Waals surface area contributed by atoms with Gasteiger partial charge in [0.15, 0.2) is 0 Å². The first-order valence-corrected chi connectivity index (χ1v) is 10.5. The Morgan fingerprint density at radius 2 is 1.78 bits per heavy atom. The number of carbonyl (C=O) groups is 1. The number of nitrogens with zero attached hydrogens (tertiary/aromatic N) is 2. The van der Waals surface area contributed by atoms with E-state index in [1.54, 1.807) is 38.1 Å². The van der Waals surface area contributed by atoms with Gasteiger partial charge in [0.1, 0.15) is 5.76 Å². The Bertz CT molecular complexity index is 865. The average molecular weight is 394 g/mol. The summed E-state index contributed by atoms with van der Waals surface area (Å²) >= 11 is 0. The Morgan fingerprint density at radius 3 is 2.26 bits per heavy atom. The lowest BCUT2D eigenvalue weighted by Gasteiger charge is -2.19. The van der Waals surface area contributed by atoms with Crippen LogP contribution in [0.2, 0.25) is 0 Å². The average Bonchev–Trinajstić information content (AvgIpc) is 2.94. The van der Waals surface area contributed by atoms with Gasteiger partial charge in [-0.25, -0.2) is 8.42 Å². The van der Waals surface area contributed by atoms with E-state index in [1.807, 2.05) is 20.8 Å². The molecule has 1 aromatic heterocycles. The van der Waals surface area contributed by atoms with Crippen LogP contribution in [0.25, 0.3) is 0 Å². The van der Waals surface area contributed by atoms with E-state index in [1.165, 1.54) is 4.31 Å². The molecule has 1 aromatic carbocycles. The van der Waals surface area contributed by atoms with Crippen LogP contribution in [0.4, 0.5) is 0 Å². The van der Waals surface area contributed by atoms with Gasteiger partial charge in [0.2, 0.25) is 15.9 Å². The minimum absolute atomic E-state index is 0.142. The molecule has 0 aliphatic carbocycles. The van der Waals surface area contributed by atoms with Crippen LogP contribution < -0.4 is 5.32 Å². The summed E-state index contributed by atoms with van der Waals surface area (Å²) in [4.78, 5) is 12.6. The molecule has 0 fully saturated rings. The van der Waals surface area contributed by atoms with Crippen LogP contribution >= 0.6 is 0 Å². The van der Waals surface area contributed by atoms with Gasteiger partial charge in [-0.2, -0.15) is 4.31 Å². The van der Waals surface area contributed by atoms with Crippen molar-refractivity contribution in [3.05, 3.63) is 46.8 Å². The van der Waals surface area contributed by atoms with Gasteiger partial charge in [-0.3, -0.25) is 4.79 Å². The molecule has 1 atom stereocenters. The number of aryl methyl sites for hydroxylation is 2. The number of nitrogens with one attached hydrogen (secondary N) is 1. The van der Waals surface area contributed by atoms with Gasteiger partial charge in [0.25, 0.3) is 0 Å². The van der Waals surface area contributed by atoms with Crippen molar-refractivity contribution in [2.24, 2.45) is 0 Å². The van der Waals surface area contributed by atoms with Crippen molar-refractivity contribution in [2.75, 3.05) is 13.1 Å². The van der Waals surface area contributed by atoms with E-state index < -0.39 is 10.0 Å². The van der Waals surface area contributed by atoms with Gasteiger partial charge >= 0.3 is 0 Å². The van der Waals surface area contributed by atoms with Gasteiger partial charge in [-0.15, -0.1) is 0 Å². The van der Waals surface area contributed by atoms with E-state index in [0.717, 1.165) is 11.1 Å². The molecule has 2 aromatic rings. The van der Waals surface area contributed by atoms with E-state index in [-0.39, 0.29) is 23.3 Å². The number of aromatic nitrogens is 1. The van der Waals surface area contributed by atoms with Crippen molar-refractivity contribution in [3.8, 4) is 0 Å². The predicted octanol–water partition coefficient (Wildman–Crippen LogP) is 2.74. The van der Waals surface area contributed by atoms with Crippen molar-refractivity contribution in [3.63, 3.8) is 0 Å². The lowest BCUT2D eigenvalue weighted by atomic mass is 10.1. The minimum atomic E-state index is -3.48. The van der Waals surface area contributed by atoms with Gasteiger partial charge in [0.05, 0.1) is 23.1 Å². The molecular weight excluding hydrogens is 366 g/mol. The van der Waals surface area contributed by atoms with E-state index in [0.29, 0.717) is 24.5 Å². The number of hydrogen-bond donors (Lipinski definition) is 1. The molecule has 0 bridgehead atoms. The smallest absolute Gasteiger partial charge is 0.243 e. The summed E-state index contributed by atoms with van der Waals surface area (Å²) in [7, 11) is -3.48. The number of rotatable bonds is 8. The maximum absolute atomic E-state index is 12.5. The van der Waals surface area contributed by atoms with Crippen LogP contribution in [0.3, 0.4) is 0 Å². The maximum Gasteiger partial charge on any atom is 0.243 e. The molecule has 0 spiro atoms. The molecule has 8 heteroatoms. The molecule has 2 rings (SSSR count). The van der Waals surface area contributed by atoms with E-state index in [2.05, 4.69) is 10.5 Å². The summed E-state index contributed by atoms with van der Waals surface area (Å²) in [6.07, 6.45) is 0.194. The lowest BCUT2D eigenvalue weighted by Crippen LogP contribution is -2.31. The Morgan fingerprint density at radius 1 is 1.19 bits per heavy atom. The molecule has 0 saturated carbocycles. The molecular formula is C19H27N3O4S. The summed E-state index contributed by atoms with van der Waals surface area (Å²) in [6.45, 7) is 9.92. The van der Waals surface area contributed by atoms with Gasteiger partial charge < -0.3 is 9.84 Å². The molecule has 1 amide bonds. The number of sulfonamides is 1. The van der Waals surface area contributed by atoms with Gasteiger partial charge in [-0.1, -0.05) is 31.1 Å². The second kappa shape index (κ2) is 8.67. The highest BCUT2D eigenvalue weighted by molar-refractivity contribution is 7.89. The number of amides is 1. The van der Waals surface area contributed by atoms with E-state index >= 15 is 0 Å². The highest BCUT2D eigenvalue weighted by Crippen LogP contribution is 2.20. The summed E-state index contributed by atoms with van der Waals surface area (Å²) < 4.78 is 31.6. The highest BCUT2D eigenvalue weighted by atomic mass is 32.2. The first-order valence-electron chi connectivity index (χ1n) is 9.01. The maximum atomic E-state index is 12.5. The Kier molecular flexibility index (Phi) is 6.78. The molecule has 1 unspecified atom stereocenters. The third-order valence-corrected chi connectivity index (χ3v) is 6.68. The summed E-state index contributed by atoms with van der Waals surface area (Å²) in [5.74, 6) is 0.498.